The summed E-state index contributed by atoms with van der Waals surface area (Å²) >= 11 is 0. The van der Waals surface area contributed by atoms with Crippen LogP contribution in [0.5, 0.6) is 5.75 Å². The zero-order valence-corrected chi connectivity index (χ0v) is 20.6. The van der Waals surface area contributed by atoms with Crippen LogP contribution in [0, 0.1) is 11.8 Å². The Morgan fingerprint density at radius 3 is 2.66 bits per heavy atom. The molecule has 196 valence electrons. The van der Waals surface area contributed by atoms with Crippen molar-refractivity contribution < 1.29 is 32.6 Å². The number of ether oxygens (including phenoxy) is 1. The van der Waals surface area contributed by atoms with Crippen molar-refractivity contribution >= 4 is 17.5 Å². The normalized spacial score (nSPS) is 22.1. The number of aliphatic hydroxyl groups excluding tert-OH is 1. The van der Waals surface area contributed by atoms with Gasteiger partial charge in [0.25, 0.3) is 0 Å². The van der Waals surface area contributed by atoms with Gasteiger partial charge in [0.1, 0.15) is 11.9 Å². The van der Waals surface area contributed by atoms with Crippen molar-refractivity contribution in [3.8, 4) is 5.75 Å². The molecule has 0 spiro atoms. The number of aliphatic hydroxyl groups is 1. The summed E-state index contributed by atoms with van der Waals surface area (Å²) in [7, 11) is 2.06. The molecule has 1 aliphatic carbocycles. The van der Waals surface area contributed by atoms with E-state index in [1.165, 1.54) is 12.8 Å². The number of rotatable bonds is 9. The van der Waals surface area contributed by atoms with Crippen molar-refractivity contribution in [2.24, 2.45) is 11.8 Å². The van der Waals surface area contributed by atoms with Crippen LogP contribution in [0.3, 0.4) is 0 Å². The summed E-state index contributed by atoms with van der Waals surface area (Å²) in [5.41, 5.74) is 0.853. The number of likely N-dealkylation sites (N-methyl/N-ethyl adjacent to an activating group) is 1. The topological polar surface area (TPSA) is 82.1 Å². The molecule has 1 fully saturated rings. The minimum atomic E-state index is -4.41. The van der Waals surface area contributed by atoms with Crippen LogP contribution in [-0.4, -0.2) is 78.3 Å². The molecule has 7 nitrogen and oxygen atoms in total. The highest BCUT2D eigenvalue weighted by atomic mass is 19.4. The monoisotopic (exact) mass is 499 g/mol. The number of nitrogens with zero attached hydrogens (tertiary/aromatic N) is 2. The van der Waals surface area contributed by atoms with Crippen molar-refractivity contribution in [2.45, 2.75) is 64.3 Å². The third kappa shape index (κ3) is 8.38. The largest absolute Gasteiger partial charge is 0.488 e. The van der Waals surface area contributed by atoms with Gasteiger partial charge in [-0.2, -0.15) is 13.2 Å². The fraction of sp³-hybridized carbons (Fsp3) is 0.680. The first-order chi connectivity index (χ1) is 16.4. The van der Waals surface area contributed by atoms with Crippen LogP contribution < -0.4 is 10.1 Å². The SMILES string of the molecule is C[C@@H]1CN([C@@H](C)CO)C(=O)Cc2cc(NC(=O)CCC(F)(F)F)ccc2O[C@@H]1CN(C)CC1CC1. The number of hydrogen-bond acceptors (Lipinski definition) is 5. The Bertz CT molecular complexity index is 891. The smallest absolute Gasteiger partial charge is 0.389 e. The van der Waals surface area contributed by atoms with Gasteiger partial charge in [-0.15, -0.1) is 0 Å². The molecule has 1 saturated carbocycles. The Balaban J connectivity index is 1.82. The first-order valence-electron chi connectivity index (χ1n) is 12.2. The molecule has 0 bridgehead atoms. The van der Waals surface area contributed by atoms with E-state index >= 15 is 0 Å². The summed E-state index contributed by atoms with van der Waals surface area (Å²) in [5.74, 6) is 0.288. The average Bonchev–Trinajstić information content (AvgIpc) is 3.58. The molecule has 2 aliphatic rings. The van der Waals surface area contributed by atoms with Crippen molar-refractivity contribution in [3.05, 3.63) is 23.8 Å². The molecule has 10 heteroatoms. The van der Waals surface area contributed by atoms with E-state index in [4.69, 9.17) is 4.74 Å². The van der Waals surface area contributed by atoms with Gasteiger partial charge in [-0.25, -0.2) is 0 Å². The standard InChI is InChI=1S/C25H36F3N3O4/c1-16-12-31(17(2)15-32)24(34)11-19-10-20(29-23(33)8-9-25(26,27)28)6-7-21(19)35-22(16)14-30(3)13-18-4-5-18/h6-7,10,16-18,22,32H,4-5,8-9,11-15H2,1-3H3,(H,29,33)/t16-,17+,22-/m1/s1. The van der Waals surface area contributed by atoms with Gasteiger partial charge in [0, 0.05) is 43.2 Å². The molecule has 35 heavy (non-hydrogen) atoms. The van der Waals surface area contributed by atoms with E-state index in [0.29, 0.717) is 30.1 Å². The lowest BCUT2D eigenvalue weighted by molar-refractivity contribution is -0.142. The molecule has 2 amide bonds. The molecule has 2 N–H and O–H groups in total. The second-order valence-electron chi connectivity index (χ2n) is 10.0. The first-order valence-corrected chi connectivity index (χ1v) is 12.2. The maximum absolute atomic E-state index is 13.2. The van der Waals surface area contributed by atoms with E-state index in [0.717, 1.165) is 12.5 Å². The molecule has 3 atom stereocenters. The van der Waals surface area contributed by atoms with Crippen molar-refractivity contribution in [3.63, 3.8) is 0 Å². The molecule has 0 aromatic heterocycles. The Hall–Kier alpha value is -2.33. The molecule has 0 unspecified atom stereocenters. The van der Waals surface area contributed by atoms with Gasteiger partial charge < -0.3 is 25.0 Å². The molecule has 0 saturated heterocycles. The Morgan fingerprint density at radius 1 is 1.31 bits per heavy atom. The van der Waals surface area contributed by atoms with Gasteiger partial charge >= 0.3 is 6.18 Å². The summed E-state index contributed by atoms with van der Waals surface area (Å²) in [6.45, 7) is 5.72. The van der Waals surface area contributed by atoms with Crippen LogP contribution in [0.4, 0.5) is 18.9 Å². The lowest BCUT2D eigenvalue weighted by atomic mass is 10.0. The molecule has 1 aromatic carbocycles. The Morgan fingerprint density at radius 2 is 2.03 bits per heavy atom. The molecule has 0 radical (unpaired) electrons. The minimum Gasteiger partial charge on any atom is -0.488 e. The fourth-order valence-electron chi connectivity index (χ4n) is 4.33. The fourth-order valence-corrected chi connectivity index (χ4v) is 4.33. The predicted octanol–water partition coefficient (Wildman–Crippen LogP) is 3.46. The van der Waals surface area contributed by atoms with E-state index < -0.39 is 24.9 Å². The molecule has 1 aliphatic heterocycles. The lowest BCUT2D eigenvalue weighted by Crippen LogP contribution is -2.47. The van der Waals surface area contributed by atoms with Crippen molar-refractivity contribution in [1.29, 1.82) is 0 Å². The zero-order chi connectivity index (χ0) is 25.8. The van der Waals surface area contributed by atoms with E-state index in [-0.39, 0.29) is 37.0 Å². The number of alkyl halides is 3. The molecular formula is C25H36F3N3O4. The summed E-state index contributed by atoms with van der Waals surface area (Å²) in [6.07, 6.45) is -4.04. The van der Waals surface area contributed by atoms with Gasteiger partial charge in [0.2, 0.25) is 11.8 Å². The van der Waals surface area contributed by atoms with Crippen LogP contribution in [0.2, 0.25) is 0 Å². The average molecular weight is 500 g/mol. The van der Waals surface area contributed by atoms with E-state index in [9.17, 15) is 27.9 Å². The van der Waals surface area contributed by atoms with Crippen LogP contribution in [0.15, 0.2) is 18.2 Å². The van der Waals surface area contributed by atoms with Gasteiger partial charge in [0.05, 0.1) is 25.5 Å². The van der Waals surface area contributed by atoms with Gasteiger partial charge in [0.15, 0.2) is 0 Å². The van der Waals surface area contributed by atoms with Gasteiger partial charge in [-0.3, -0.25) is 9.59 Å². The third-order valence-corrected chi connectivity index (χ3v) is 6.59. The molecular weight excluding hydrogens is 463 g/mol. The number of nitrogens with one attached hydrogen (secondary N) is 1. The number of halogens is 3. The predicted molar refractivity (Wildman–Crippen MR) is 126 cm³/mol. The van der Waals surface area contributed by atoms with Gasteiger partial charge in [-0.1, -0.05) is 6.92 Å². The second kappa shape index (κ2) is 11.6. The molecule has 3 rings (SSSR count). The van der Waals surface area contributed by atoms with Crippen LogP contribution in [0.25, 0.3) is 0 Å². The number of carbonyl (C=O) groups excluding carboxylic acids is 2. The van der Waals surface area contributed by atoms with E-state index in [2.05, 4.69) is 17.3 Å². The summed E-state index contributed by atoms with van der Waals surface area (Å²) < 4.78 is 43.8. The quantitative estimate of drug-likeness (QED) is 0.544. The first kappa shape index (κ1) is 27.3. The number of hydrogen-bond donors (Lipinski definition) is 2. The summed E-state index contributed by atoms with van der Waals surface area (Å²) in [6, 6.07) is 4.45. The number of amides is 2. The zero-order valence-electron chi connectivity index (χ0n) is 20.6. The summed E-state index contributed by atoms with van der Waals surface area (Å²) in [5, 5.41) is 12.2. The van der Waals surface area contributed by atoms with Crippen LogP contribution >= 0.6 is 0 Å². The lowest BCUT2D eigenvalue weighted by Gasteiger charge is -2.34. The molecule has 1 aromatic rings. The number of anilines is 1. The second-order valence-corrected chi connectivity index (χ2v) is 10.0. The number of benzene rings is 1. The highest BCUT2D eigenvalue weighted by molar-refractivity contribution is 5.91. The Kier molecular flexibility index (Phi) is 9.04. The van der Waals surface area contributed by atoms with E-state index in [1.807, 2.05) is 6.92 Å². The minimum absolute atomic E-state index is 0.0106. The highest BCUT2D eigenvalue weighted by Crippen LogP contribution is 2.32. The third-order valence-electron chi connectivity index (χ3n) is 6.59. The van der Waals surface area contributed by atoms with Crippen molar-refractivity contribution in [2.75, 3.05) is 38.6 Å². The number of fused-ring (bicyclic) bond motifs is 1. The van der Waals surface area contributed by atoms with Crippen LogP contribution in [0.1, 0.15) is 45.1 Å². The maximum Gasteiger partial charge on any atom is 0.389 e. The summed E-state index contributed by atoms with van der Waals surface area (Å²) in [4.78, 5) is 29.1. The van der Waals surface area contributed by atoms with Crippen molar-refractivity contribution in [1.82, 2.24) is 9.80 Å². The number of carbonyl (C=O) groups is 2. The van der Waals surface area contributed by atoms with Crippen LogP contribution in [-0.2, 0) is 16.0 Å². The maximum atomic E-state index is 13.2. The Labute approximate surface area is 204 Å². The molecule has 1 heterocycles. The van der Waals surface area contributed by atoms with E-state index in [1.54, 1.807) is 30.0 Å². The highest BCUT2D eigenvalue weighted by Gasteiger charge is 2.32. The van der Waals surface area contributed by atoms with Gasteiger partial charge in [-0.05, 0) is 50.9 Å².